The van der Waals surface area contributed by atoms with E-state index in [-0.39, 0.29) is 23.3 Å². The van der Waals surface area contributed by atoms with Gasteiger partial charge in [-0.15, -0.1) is 11.8 Å². The third-order valence-electron chi connectivity index (χ3n) is 5.41. The molecule has 1 aliphatic heterocycles. The number of benzene rings is 1. The average molecular weight is 482 g/mol. The molecule has 1 aromatic carbocycles. The van der Waals surface area contributed by atoms with Crippen molar-refractivity contribution in [2.45, 2.75) is 51.8 Å². The first-order chi connectivity index (χ1) is 15.3. The van der Waals surface area contributed by atoms with Crippen molar-refractivity contribution in [3.05, 3.63) is 69.9 Å². The van der Waals surface area contributed by atoms with Gasteiger partial charge in [0.25, 0.3) is 5.91 Å². The van der Waals surface area contributed by atoms with E-state index in [1.165, 1.54) is 23.9 Å². The van der Waals surface area contributed by atoms with Crippen LogP contribution in [0.2, 0.25) is 0 Å². The van der Waals surface area contributed by atoms with Gasteiger partial charge in [-0.3, -0.25) is 4.79 Å². The van der Waals surface area contributed by atoms with Crippen molar-refractivity contribution < 1.29 is 32.6 Å². The highest BCUT2D eigenvalue weighted by Crippen LogP contribution is 2.45. The number of ether oxygens (including phenoxy) is 1. The molecular weight excluding hydrogens is 455 g/mol. The predicted octanol–water partition coefficient (Wildman–Crippen LogP) is 5.30. The molecule has 0 bridgehead atoms. The first-order valence-corrected chi connectivity index (χ1v) is 11.3. The van der Waals surface area contributed by atoms with Crippen LogP contribution >= 0.6 is 11.8 Å². The summed E-state index contributed by atoms with van der Waals surface area (Å²) in [6.45, 7) is 7.08. The van der Waals surface area contributed by atoms with Gasteiger partial charge in [0.1, 0.15) is 18.4 Å². The Morgan fingerprint density at radius 1 is 1.18 bits per heavy atom. The predicted molar refractivity (Wildman–Crippen MR) is 120 cm³/mol. The summed E-state index contributed by atoms with van der Waals surface area (Å²) in [6, 6.07) is 3.54. The van der Waals surface area contributed by atoms with Crippen molar-refractivity contribution >= 4 is 23.6 Å². The number of alkyl halides is 3. The second kappa shape index (κ2) is 9.29. The Bertz CT molecular complexity index is 1020. The standard InChI is InChI=1S/C24H26F3NO4S/c1-13-11-15-7-10-17(21(29)28-20(22(30)31)23(2,3)4)18(19(15)33-13)32-12-14-5-8-16(9-6-14)24(25,26)27/h5-11,15,19-20H,12H2,1-4H3,(H,28,29)(H,30,31)/t15?,19?,20-/m1/s1. The highest BCUT2D eigenvalue weighted by molar-refractivity contribution is 8.04. The van der Waals surface area contributed by atoms with Crippen LogP contribution in [0.1, 0.15) is 38.8 Å². The number of halogens is 3. The second-order valence-electron chi connectivity index (χ2n) is 9.12. The highest BCUT2D eigenvalue weighted by Gasteiger charge is 2.38. The summed E-state index contributed by atoms with van der Waals surface area (Å²) in [5, 5.41) is 12.0. The molecule has 1 aliphatic carbocycles. The summed E-state index contributed by atoms with van der Waals surface area (Å²) in [5.74, 6) is -1.32. The first-order valence-electron chi connectivity index (χ1n) is 10.4. The van der Waals surface area contributed by atoms with Crippen molar-refractivity contribution in [1.29, 1.82) is 0 Å². The third-order valence-corrected chi connectivity index (χ3v) is 6.70. The molecule has 9 heteroatoms. The molecule has 0 fully saturated rings. The first kappa shape index (κ1) is 25.0. The fourth-order valence-electron chi connectivity index (χ4n) is 3.66. The Hall–Kier alpha value is -2.68. The van der Waals surface area contributed by atoms with Crippen LogP contribution in [-0.4, -0.2) is 28.3 Å². The van der Waals surface area contributed by atoms with E-state index < -0.39 is 35.1 Å². The van der Waals surface area contributed by atoms with Gasteiger partial charge >= 0.3 is 12.1 Å². The topological polar surface area (TPSA) is 75.6 Å². The molecule has 0 aromatic heterocycles. The Kier molecular flexibility index (Phi) is 7.02. The van der Waals surface area contributed by atoms with E-state index >= 15 is 0 Å². The summed E-state index contributed by atoms with van der Waals surface area (Å²) in [4.78, 5) is 25.9. The fourth-order valence-corrected chi connectivity index (χ4v) is 4.92. The summed E-state index contributed by atoms with van der Waals surface area (Å²) in [7, 11) is 0. The van der Waals surface area contributed by atoms with Gasteiger partial charge in [-0.1, -0.05) is 45.1 Å². The lowest BCUT2D eigenvalue weighted by Crippen LogP contribution is -2.49. The zero-order valence-corrected chi connectivity index (χ0v) is 19.5. The number of thioether (sulfide) groups is 1. The van der Waals surface area contributed by atoms with Gasteiger partial charge in [0.2, 0.25) is 0 Å². The number of hydrogen-bond donors (Lipinski definition) is 2. The number of nitrogens with one attached hydrogen (secondary N) is 1. The van der Waals surface area contributed by atoms with Gasteiger partial charge in [0.05, 0.1) is 16.4 Å². The lowest BCUT2D eigenvalue weighted by atomic mass is 9.86. The molecule has 5 nitrogen and oxygen atoms in total. The molecular formula is C24H26F3NO4S. The van der Waals surface area contributed by atoms with E-state index in [0.717, 1.165) is 17.0 Å². The minimum absolute atomic E-state index is 0.00652. The summed E-state index contributed by atoms with van der Waals surface area (Å²) in [6.07, 6.45) is 1.12. The van der Waals surface area contributed by atoms with Gasteiger partial charge in [-0.25, -0.2) is 4.79 Å². The van der Waals surface area contributed by atoms with E-state index in [2.05, 4.69) is 11.4 Å². The molecule has 0 saturated heterocycles. The van der Waals surface area contributed by atoms with Crippen molar-refractivity contribution in [2.24, 2.45) is 11.3 Å². The number of rotatable bonds is 6. The third kappa shape index (κ3) is 5.82. The monoisotopic (exact) mass is 481 g/mol. The van der Waals surface area contributed by atoms with Crippen LogP contribution < -0.4 is 5.32 Å². The maximum absolute atomic E-state index is 13.1. The maximum atomic E-state index is 13.1. The SMILES string of the molecule is CC1=CC2C=CC(C(=O)N[C@H](C(=O)O)C(C)(C)C)=C(OCc3ccc(C(F)(F)F)cc3)C2S1. The minimum atomic E-state index is -4.42. The van der Waals surface area contributed by atoms with Crippen LogP contribution in [0.15, 0.2) is 58.7 Å². The van der Waals surface area contributed by atoms with E-state index in [9.17, 15) is 27.9 Å². The van der Waals surface area contributed by atoms with Gasteiger partial charge in [-0.05, 0) is 41.0 Å². The number of carbonyl (C=O) groups is 2. The Labute approximate surface area is 194 Å². The van der Waals surface area contributed by atoms with Crippen LogP contribution in [0.5, 0.6) is 0 Å². The van der Waals surface area contributed by atoms with E-state index in [4.69, 9.17) is 4.74 Å². The van der Waals surface area contributed by atoms with Crippen molar-refractivity contribution in [2.75, 3.05) is 0 Å². The number of hydrogen-bond acceptors (Lipinski definition) is 4. The molecule has 0 radical (unpaired) electrons. The van der Waals surface area contributed by atoms with Gasteiger partial charge in [-0.2, -0.15) is 13.2 Å². The van der Waals surface area contributed by atoms with Crippen LogP contribution in [0.25, 0.3) is 0 Å². The van der Waals surface area contributed by atoms with Crippen molar-refractivity contribution in [3.63, 3.8) is 0 Å². The van der Waals surface area contributed by atoms with Gasteiger partial charge in [0.15, 0.2) is 0 Å². The smallest absolute Gasteiger partial charge is 0.416 e. The zero-order valence-electron chi connectivity index (χ0n) is 18.7. The summed E-state index contributed by atoms with van der Waals surface area (Å²) < 4.78 is 44.5. The average Bonchev–Trinajstić information content (AvgIpc) is 3.09. The maximum Gasteiger partial charge on any atom is 0.416 e. The summed E-state index contributed by atoms with van der Waals surface area (Å²) in [5.41, 5.74) is -0.731. The molecule has 3 atom stereocenters. The Balaban J connectivity index is 1.86. The lowest BCUT2D eigenvalue weighted by molar-refractivity contribution is -0.144. The molecule has 2 unspecified atom stereocenters. The molecule has 1 amide bonds. The highest BCUT2D eigenvalue weighted by atomic mass is 32.2. The van der Waals surface area contributed by atoms with Crippen molar-refractivity contribution in [1.82, 2.24) is 5.32 Å². The largest absolute Gasteiger partial charge is 0.491 e. The van der Waals surface area contributed by atoms with Crippen LogP contribution in [0.3, 0.4) is 0 Å². The molecule has 0 saturated carbocycles. The number of carbonyl (C=O) groups excluding carboxylic acids is 1. The lowest BCUT2D eigenvalue weighted by Gasteiger charge is -2.30. The normalized spacial score (nSPS) is 21.4. The molecule has 33 heavy (non-hydrogen) atoms. The summed E-state index contributed by atoms with van der Waals surface area (Å²) >= 11 is 1.53. The molecule has 3 rings (SSSR count). The molecule has 0 spiro atoms. The van der Waals surface area contributed by atoms with E-state index in [1.807, 2.05) is 13.0 Å². The van der Waals surface area contributed by atoms with Crippen molar-refractivity contribution in [3.8, 4) is 0 Å². The molecule has 2 N–H and O–H groups in total. The number of carboxylic acid groups (broad SMARTS) is 1. The van der Waals surface area contributed by atoms with Crippen LogP contribution in [0, 0.1) is 11.3 Å². The van der Waals surface area contributed by atoms with Gasteiger partial charge in [0, 0.05) is 5.92 Å². The second-order valence-corrected chi connectivity index (χ2v) is 10.5. The number of amides is 1. The molecule has 2 aliphatic rings. The van der Waals surface area contributed by atoms with E-state index in [1.54, 1.807) is 26.8 Å². The van der Waals surface area contributed by atoms with Crippen LogP contribution in [-0.2, 0) is 27.1 Å². The van der Waals surface area contributed by atoms with E-state index in [0.29, 0.717) is 11.3 Å². The Morgan fingerprint density at radius 3 is 2.36 bits per heavy atom. The number of fused-ring (bicyclic) bond motifs is 1. The van der Waals surface area contributed by atoms with Crippen LogP contribution in [0.4, 0.5) is 13.2 Å². The van der Waals surface area contributed by atoms with Gasteiger partial charge < -0.3 is 15.2 Å². The molecule has 1 aromatic rings. The molecule has 1 heterocycles. The number of carboxylic acids is 1. The fraction of sp³-hybridized carbons (Fsp3) is 0.417. The zero-order chi connectivity index (χ0) is 24.6. The Morgan fingerprint density at radius 2 is 1.82 bits per heavy atom. The minimum Gasteiger partial charge on any atom is -0.491 e. The number of allylic oxidation sites excluding steroid dienone is 3. The quantitative estimate of drug-likeness (QED) is 0.577. The molecule has 178 valence electrons. The number of aliphatic carboxylic acids is 1.